The number of nitrogens with zero attached hydrogens (tertiary/aromatic N) is 2. The Balaban J connectivity index is 2.00. The summed E-state index contributed by atoms with van der Waals surface area (Å²) in [6.07, 6.45) is 8.68. The molecule has 0 spiro atoms. The molecule has 1 heterocycles. The summed E-state index contributed by atoms with van der Waals surface area (Å²) < 4.78 is 7.89. The molecule has 1 fully saturated rings. The fourth-order valence-corrected chi connectivity index (χ4v) is 3.98. The Labute approximate surface area is 136 Å². The molecule has 1 atom stereocenters. The van der Waals surface area contributed by atoms with Gasteiger partial charge in [-0.05, 0) is 40.6 Å². The van der Waals surface area contributed by atoms with E-state index in [9.17, 15) is 5.11 Å². The summed E-state index contributed by atoms with van der Waals surface area (Å²) in [7, 11) is 1.68. The van der Waals surface area contributed by atoms with Crippen LogP contribution in [0.1, 0.15) is 57.2 Å². The predicted molar refractivity (Wildman–Crippen MR) is 87.1 cm³/mol. The molecule has 1 unspecified atom stereocenters. The van der Waals surface area contributed by atoms with Crippen molar-refractivity contribution in [1.82, 2.24) is 9.78 Å². The summed E-state index contributed by atoms with van der Waals surface area (Å²) in [6, 6.07) is 0. The standard InChI is InChI=1S/C16H27BrN2O2/c1-3-4-12-5-7-13(8-6-12)16(20)15-14(17)11-18-19(15)9-10-21-2/h11-13,16,20H,3-10H2,1-2H3. The Morgan fingerprint density at radius 2 is 2.14 bits per heavy atom. The summed E-state index contributed by atoms with van der Waals surface area (Å²) >= 11 is 3.53. The van der Waals surface area contributed by atoms with Crippen molar-refractivity contribution in [2.24, 2.45) is 11.8 Å². The third-order valence-corrected chi connectivity index (χ3v) is 5.27. The van der Waals surface area contributed by atoms with Gasteiger partial charge in [0.1, 0.15) is 0 Å². The van der Waals surface area contributed by atoms with E-state index in [0.717, 1.165) is 28.9 Å². The summed E-state index contributed by atoms with van der Waals surface area (Å²) in [4.78, 5) is 0. The first kappa shape index (κ1) is 17.0. The van der Waals surface area contributed by atoms with Crippen LogP contribution in [-0.4, -0.2) is 28.6 Å². The van der Waals surface area contributed by atoms with E-state index in [-0.39, 0.29) is 0 Å². The fourth-order valence-electron chi connectivity index (χ4n) is 3.45. The maximum absolute atomic E-state index is 10.8. The Morgan fingerprint density at radius 3 is 2.76 bits per heavy atom. The Morgan fingerprint density at radius 1 is 1.43 bits per heavy atom. The highest BCUT2D eigenvalue weighted by Crippen LogP contribution is 2.40. The molecule has 2 rings (SSSR count). The summed E-state index contributed by atoms with van der Waals surface area (Å²) in [5.74, 6) is 1.22. The molecule has 1 aromatic heterocycles. The van der Waals surface area contributed by atoms with Gasteiger partial charge in [0.05, 0.1) is 35.6 Å². The minimum atomic E-state index is -0.429. The quantitative estimate of drug-likeness (QED) is 0.802. The smallest absolute Gasteiger partial charge is 0.0996 e. The van der Waals surface area contributed by atoms with Crippen molar-refractivity contribution < 1.29 is 9.84 Å². The molecular formula is C16H27BrN2O2. The highest BCUT2D eigenvalue weighted by molar-refractivity contribution is 9.10. The first-order valence-electron chi connectivity index (χ1n) is 8.05. The van der Waals surface area contributed by atoms with E-state index in [1.54, 1.807) is 13.3 Å². The molecule has 1 N–H and O–H groups in total. The third kappa shape index (κ3) is 4.30. The van der Waals surface area contributed by atoms with Crippen molar-refractivity contribution in [1.29, 1.82) is 0 Å². The van der Waals surface area contributed by atoms with Gasteiger partial charge >= 0.3 is 0 Å². The van der Waals surface area contributed by atoms with Crippen molar-refractivity contribution in [3.8, 4) is 0 Å². The van der Waals surface area contributed by atoms with E-state index in [4.69, 9.17) is 4.74 Å². The van der Waals surface area contributed by atoms with Crippen molar-refractivity contribution >= 4 is 15.9 Å². The van der Waals surface area contributed by atoms with E-state index in [1.165, 1.54) is 25.7 Å². The number of aromatic nitrogens is 2. The molecule has 0 saturated heterocycles. The number of halogens is 1. The highest BCUT2D eigenvalue weighted by Gasteiger charge is 2.30. The molecule has 1 saturated carbocycles. The molecule has 21 heavy (non-hydrogen) atoms. The van der Waals surface area contributed by atoms with Gasteiger partial charge in [-0.3, -0.25) is 4.68 Å². The Hall–Kier alpha value is -0.390. The van der Waals surface area contributed by atoms with Crippen LogP contribution in [0.25, 0.3) is 0 Å². The zero-order chi connectivity index (χ0) is 15.2. The maximum atomic E-state index is 10.8. The maximum Gasteiger partial charge on any atom is 0.0996 e. The van der Waals surface area contributed by atoms with E-state index in [1.807, 2.05) is 4.68 Å². The Bertz CT molecular complexity index is 428. The molecule has 0 aromatic carbocycles. The van der Waals surface area contributed by atoms with Gasteiger partial charge in [0.25, 0.3) is 0 Å². The molecular weight excluding hydrogens is 332 g/mol. The zero-order valence-electron chi connectivity index (χ0n) is 13.1. The van der Waals surface area contributed by atoms with Crippen LogP contribution in [0.15, 0.2) is 10.7 Å². The fraction of sp³-hybridized carbons (Fsp3) is 0.812. The summed E-state index contributed by atoms with van der Waals surface area (Å²) in [6.45, 7) is 3.54. The van der Waals surface area contributed by atoms with E-state index in [0.29, 0.717) is 19.1 Å². The number of aliphatic hydroxyl groups excluding tert-OH is 1. The van der Waals surface area contributed by atoms with Crippen molar-refractivity contribution in [2.75, 3.05) is 13.7 Å². The number of rotatable bonds is 7. The van der Waals surface area contributed by atoms with Crippen LogP contribution in [0.5, 0.6) is 0 Å². The van der Waals surface area contributed by atoms with E-state index < -0.39 is 6.10 Å². The number of hydrogen-bond acceptors (Lipinski definition) is 3. The lowest BCUT2D eigenvalue weighted by Gasteiger charge is -2.31. The number of aliphatic hydroxyl groups is 1. The van der Waals surface area contributed by atoms with Gasteiger partial charge in [-0.1, -0.05) is 32.6 Å². The van der Waals surface area contributed by atoms with Gasteiger partial charge in [0.2, 0.25) is 0 Å². The van der Waals surface area contributed by atoms with Gasteiger partial charge in [0.15, 0.2) is 0 Å². The van der Waals surface area contributed by atoms with Crippen LogP contribution in [0.2, 0.25) is 0 Å². The highest BCUT2D eigenvalue weighted by atomic mass is 79.9. The zero-order valence-corrected chi connectivity index (χ0v) is 14.7. The second-order valence-corrected chi connectivity index (χ2v) is 6.96. The average molecular weight is 359 g/mol. The van der Waals surface area contributed by atoms with Gasteiger partial charge in [-0.2, -0.15) is 5.10 Å². The van der Waals surface area contributed by atoms with Crippen LogP contribution in [0, 0.1) is 11.8 Å². The SMILES string of the molecule is CCCC1CCC(C(O)c2c(Br)cnn2CCOC)CC1. The lowest BCUT2D eigenvalue weighted by atomic mass is 9.77. The first-order valence-corrected chi connectivity index (χ1v) is 8.84. The second-order valence-electron chi connectivity index (χ2n) is 6.11. The Kier molecular flexibility index (Phi) is 6.71. The largest absolute Gasteiger partial charge is 0.386 e. The number of ether oxygens (including phenoxy) is 1. The number of methoxy groups -OCH3 is 1. The van der Waals surface area contributed by atoms with Crippen molar-refractivity contribution in [2.45, 2.75) is 58.1 Å². The molecule has 1 aliphatic rings. The molecule has 4 nitrogen and oxygen atoms in total. The summed E-state index contributed by atoms with van der Waals surface area (Å²) in [5.41, 5.74) is 0.908. The van der Waals surface area contributed by atoms with Gasteiger partial charge in [-0.25, -0.2) is 0 Å². The minimum Gasteiger partial charge on any atom is -0.386 e. The molecule has 0 radical (unpaired) electrons. The molecule has 120 valence electrons. The molecule has 0 aliphatic heterocycles. The predicted octanol–water partition coefficient (Wildman–Crippen LogP) is 3.93. The molecule has 1 aromatic rings. The van der Waals surface area contributed by atoms with Crippen LogP contribution in [0.4, 0.5) is 0 Å². The van der Waals surface area contributed by atoms with Crippen molar-refractivity contribution in [3.05, 3.63) is 16.4 Å². The molecule has 0 amide bonds. The number of hydrogen-bond donors (Lipinski definition) is 1. The van der Waals surface area contributed by atoms with E-state index >= 15 is 0 Å². The lowest BCUT2D eigenvalue weighted by Crippen LogP contribution is -2.23. The van der Waals surface area contributed by atoms with Gasteiger partial charge in [-0.15, -0.1) is 0 Å². The molecule has 1 aliphatic carbocycles. The molecule has 5 heteroatoms. The summed E-state index contributed by atoms with van der Waals surface area (Å²) in [5, 5.41) is 15.1. The normalized spacial score (nSPS) is 24.2. The average Bonchev–Trinajstić information content (AvgIpc) is 2.86. The van der Waals surface area contributed by atoms with Crippen LogP contribution < -0.4 is 0 Å². The van der Waals surface area contributed by atoms with Gasteiger partial charge < -0.3 is 9.84 Å². The lowest BCUT2D eigenvalue weighted by molar-refractivity contribution is 0.0628. The van der Waals surface area contributed by atoms with Crippen LogP contribution in [0.3, 0.4) is 0 Å². The van der Waals surface area contributed by atoms with Crippen molar-refractivity contribution in [3.63, 3.8) is 0 Å². The van der Waals surface area contributed by atoms with Crippen LogP contribution >= 0.6 is 15.9 Å². The second kappa shape index (κ2) is 8.30. The van der Waals surface area contributed by atoms with Gasteiger partial charge in [0, 0.05) is 7.11 Å². The monoisotopic (exact) mass is 358 g/mol. The minimum absolute atomic E-state index is 0.354. The van der Waals surface area contributed by atoms with Crippen LogP contribution in [-0.2, 0) is 11.3 Å². The molecule has 0 bridgehead atoms. The third-order valence-electron chi connectivity index (χ3n) is 4.66. The first-order chi connectivity index (χ1) is 10.2. The topological polar surface area (TPSA) is 47.3 Å². The van der Waals surface area contributed by atoms with E-state index in [2.05, 4.69) is 28.0 Å².